The van der Waals surface area contributed by atoms with Gasteiger partial charge < -0.3 is 15.0 Å². The summed E-state index contributed by atoms with van der Waals surface area (Å²) in [6.07, 6.45) is 1.10. The Morgan fingerprint density at radius 2 is 1.42 bits per heavy atom. The SMILES string of the molecule is CC[C@H](C(=O)N[C@@H](C)CC)N(Cc1cccc(C)c1)C(=O)CN(c1ccc(Oc2ccccc2)cc1)S(=O)(=O)c1ccccc1. The molecule has 0 fully saturated rings. The van der Waals surface area contributed by atoms with E-state index in [4.69, 9.17) is 4.74 Å². The number of aryl methyl sites for hydroxylation is 1. The van der Waals surface area contributed by atoms with E-state index in [-0.39, 0.29) is 23.4 Å². The third-order valence-electron chi connectivity index (χ3n) is 7.54. The lowest BCUT2D eigenvalue weighted by Crippen LogP contribution is -2.53. The Hall–Kier alpha value is -4.63. The van der Waals surface area contributed by atoms with E-state index in [0.29, 0.717) is 23.6 Å². The number of nitrogens with one attached hydrogen (secondary N) is 1. The summed E-state index contributed by atoms with van der Waals surface area (Å²) in [5.41, 5.74) is 2.15. The first-order valence-corrected chi connectivity index (χ1v) is 16.6. The lowest BCUT2D eigenvalue weighted by Gasteiger charge is -2.33. The highest BCUT2D eigenvalue weighted by molar-refractivity contribution is 7.92. The molecule has 2 atom stereocenters. The molecule has 0 heterocycles. The molecule has 4 aromatic carbocycles. The van der Waals surface area contributed by atoms with E-state index in [2.05, 4.69) is 5.32 Å². The van der Waals surface area contributed by atoms with E-state index in [1.54, 1.807) is 42.5 Å². The summed E-state index contributed by atoms with van der Waals surface area (Å²) >= 11 is 0. The Bertz CT molecular complexity index is 1660. The number of carbonyl (C=O) groups is 2. The van der Waals surface area contributed by atoms with Gasteiger partial charge in [0.1, 0.15) is 24.1 Å². The molecule has 236 valence electrons. The predicted octanol–water partition coefficient (Wildman–Crippen LogP) is 6.70. The minimum atomic E-state index is -4.17. The molecule has 1 N–H and O–H groups in total. The number of anilines is 1. The molecule has 0 aromatic heterocycles. The fourth-order valence-corrected chi connectivity index (χ4v) is 6.36. The number of sulfonamides is 1. The van der Waals surface area contributed by atoms with Gasteiger partial charge in [-0.15, -0.1) is 0 Å². The van der Waals surface area contributed by atoms with Crippen molar-refractivity contribution in [3.05, 3.63) is 120 Å². The van der Waals surface area contributed by atoms with Crippen LogP contribution in [0.3, 0.4) is 0 Å². The molecule has 45 heavy (non-hydrogen) atoms. The summed E-state index contributed by atoms with van der Waals surface area (Å²) in [6, 6.07) is 30.7. The lowest BCUT2D eigenvalue weighted by molar-refractivity contribution is -0.140. The van der Waals surface area contributed by atoms with Crippen molar-refractivity contribution in [2.24, 2.45) is 0 Å². The summed E-state index contributed by atoms with van der Waals surface area (Å²) in [5, 5.41) is 3.00. The van der Waals surface area contributed by atoms with Crippen molar-refractivity contribution < 1.29 is 22.7 Å². The average Bonchev–Trinajstić information content (AvgIpc) is 3.04. The first-order chi connectivity index (χ1) is 21.6. The Labute approximate surface area is 266 Å². The topological polar surface area (TPSA) is 96.0 Å². The van der Waals surface area contributed by atoms with E-state index < -0.39 is 28.5 Å². The number of rotatable bonds is 14. The van der Waals surface area contributed by atoms with Gasteiger partial charge in [0.25, 0.3) is 10.0 Å². The second-order valence-corrected chi connectivity index (χ2v) is 12.8. The minimum Gasteiger partial charge on any atom is -0.457 e. The van der Waals surface area contributed by atoms with Crippen LogP contribution in [0.2, 0.25) is 0 Å². The number of nitrogens with zero attached hydrogens (tertiary/aromatic N) is 2. The molecule has 0 aliphatic heterocycles. The van der Waals surface area contributed by atoms with Crippen LogP contribution in [-0.2, 0) is 26.2 Å². The molecule has 0 unspecified atom stereocenters. The van der Waals surface area contributed by atoms with Crippen LogP contribution in [0.15, 0.2) is 114 Å². The highest BCUT2D eigenvalue weighted by atomic mass is 32.2. The van der Waals surface area contributed by atoms with Crippen LogP contribution in [0.5, 0.6) is 11.5 Å². The van der Waals surface area contributed by atoms with Crippen LogP contribution >= 0.6 is 0 Å². The Kier molecular flexibility index (Phi) is 11.4. The molecule has 0 spiro atoms. The van der Waals surface area contributed by atoms with Crippen LogP contribution in [0.25, 0.3) is 0 Å². The van der Waals surface area contributed by atoms with Crippen molar-refractivity contribution in [1.82, 2.24) is 10.2 Å². The lowest BCUT2D eigenvalue weighted by atomic mass is 10.1. The number of hydrogen-bond acceptors (Lipinski definition) is 5. The molecular weight excluding hydrogens is 586 g/mol. The maximum absolute atomic E-state index is 14.3. The highest BCUT2D eigenvalue weighted by Crippen LogP contribution is 2.28. The number of ether oxygens (including phenoxy) is 1. The van der Waals surface area contributed by atoms with Crippen LogP contribution in [-0.4, -0.2) is 43.8 Å². The molecule has 0 aliphatic carbocycles. The molecule has 2 amide bonds. The molecule has 4 rings (SSSR count). The summed E-state index contributed by atoms with van der Waals surface area (Å²) in [7, 11) is -4.17. The molecule has 0 aliphatic rings. The molecule has 0 radical (unpaired) electrons. The molecule has 8 nitrogen and oxygen atoms in total. The van der Waals surface area contributed by atoms with Crippen molar-refractivity contribution in [2.75, 3.05) is 10.8 Å². The molecule has 0 bridgehead atoms. The van der Waals surface area contributed by atoms with Gasteiger partial charge in [-0.3, -0.25) is 13.9 Å². The number of benzene rings is 4. The fraction of sp³-hybridized carbons (Fsp3) is 0.278. The molecule has 0 saturated heterocycles. The van der Waals surface area contributed by atoms with Crippen LogP contribution in [0.1, 0.15) is 44.7 Å². The summed E-state index contributed by atoms with van der Waals surface area (Å²) in [4.78, 5) is 29.3. The van der Waals surface area contributed by atoms with Crippen molar-refractivity contribution in [3.8, 4) is 11.5 Å². The zero-order chi connectivity index (χ0) is 32.4. The first kappa shape index (κ1) is 33.3. The monoisotopic (exact) mass is 627 g/mol. The number of hydrogen-bond donors (Lipinski definition) is 1. The zero-order valence-electron chi connectivity index (χ0n) is 26.2. The maximum Gasteiger partial charge on any atom is 0.264 e. The van der Waals surface area contributed by atoms with Crippen LogP contribution in [0, 0.1) is 6.92 Å². The summed E-state index contributed by atoms with van der Waals surface area (Å²) in [5.74, 6) is 0.393. The van der Waals surface area contributed by atoms with E-state index in [1.807, 2.05) is 82.3 Å². The average molecular weight is 628 g/mol. The summed E-state index contributed by atoms with van der Waals surface area (Å²) < 4.78 is 35.1. The third kappa shape index (κ3) is 8.73. The second-order valence-electron chi connectivity index (χ2n) is 11.0. The van der Waals surface area contributed by atoms with Crippen LogP contribution in [0.4, 0.5) is 5.69 Å². The van der Waals surface area contributed by atoms with Gasteiger partial charge in [-0.05, 0) is 80.8 Å². The minimum absolute atomic E-state index is 0.0502. The molecule has 9 heteroatoms. The Morgan fingerprint density at radius 1 is 0.800 bits per heavy atom. The van der Waals surface area contributed by atoms with Crippen molar-refractivity contribution in [1.29, 1.82) is 0 Å². The fourth-order valence-electron chi connectivity index (χ4n) is 4.92. The maximum atomic E-state index is 14.3. The summed E-state index contributed by atoms with van der Waals surface area (Å²) in [6.45, 7) is 7.34. The van der Waals surface area contributed by atoms with Gasteiger partial charge >= 0.3 is 0 Å². The molecular formula is C36H41N3O5S. The highest BCUT2D eigenvalue weighted by Gasteiger charge is 2.34. The van der Waals surface area contributed by atoms with Gasteiger partial charge in [-0.25, -0.2) is 8.42 Å². The van der Waals surface area contributed by atoms with Crippen molar-refractivity contribution >= 4 is 27.5 Å². The number of carbonyl (C=O) groups excluding carboxylic acids is 2. The predicted molar refractivity (Wildman–Crippen MR) is 178 cm³/mol. The Morgan fingerprint density at radius 3 is 2.02 bits per heavy atom. The number of para-hydroxylation sites is 1. The number of amides is 2. The van der Waals surface area contributed by atoms with E-state index in [0.717, 1.165) is 21.9 Å². The van der Waals surface area contributed by atoms with Gasteiger partial charge in [0, 0.05) is 12.6 Å². The van der Waals surface area contributed by atoms with Crippen LogP contribution < -0.4 is 14.4 Å². The molecule has 0 saturated carbocycles. The van der Waals surface area contributed by atoms with Crippen molar-refractivity contribution in [2.45, 2.75) is 64.1 Å². The van der Waals surface area contributed by atoms with Gasteiger partial charge in [0.05, 0.1) is 10.6 Å². The largest absolute Gasteiger partial charge is 0.457 e. The Balaban J connectivity index is 1.71. The second kappa shape index (κ2) is 15.4. The van der Waals surface area contributed by atoms with Crippen molar-refractivity contribution in [3.63, 3.8) is 0 Å². The van der Waals surface area contributed by atoms with Gasteiger partial charge in [-0.1, -0.05) is 80.1 Å². The quantitative estimate of drug-likeness (QED) is 0.168. The van der Waals surface area contributed by atoms with Gasteiger partial charge in [0.15, 0.2) is 0 Å². The van der Waals surface area contributed by atoms with Gasteiger partial charge in [0.2, 0.25) is 11.8 Å². The smallest absolute Gasteiger partial charge is 0.264 e. The van der Waals surface area contributed by atoms with E-state index in [1.165, 1.54) is 17.0 Å². The normalized spacial score (nSPS) is 12.5. The standard InChI is InChI=1S/C36H41N3O5S/c1-5-28(4)37-36(41)34(6-2)38(25-29-15-13-14-27(3)24-29)35(40)26-39(45(42,43)33-18-11-8-12-19-33)30-20-22-32(23-21-30)44-31-16-9-7-10-17-31/h7-24,28,34H,5-6,25-26H2,1-4H3,(H,37,41)/t28-,34+/m0/s1. The van der Waals surface area contributed by atoms with E-state index in [9.17, 15) is 18.0 Å². The van der Waals surface area contributed by atoms with E-state index >= 15 is 0 Å². The molecule has 4 aromatic rings. The third-order valence-corrected chi connectivity index (χ3v) is 9.32. The first-order valence-electron chi connectivity index (χ1n) is 15.2. The zero-order valence-corrected chi connectivity index (χ0v) is 27.0. The van der Waals surface area contributed by atoms with Gasteiger partial charge in [-0.2, -0.15) is 0 Å².